The van der Waals surface area contributed by atoms with Gasteiger partial charge in [0.1, 0.15) is 24.1 Å². The molecule has 12 heteroatoms. The number of anilines is 1. The summed E-state index contributed by atoms with van der Waals surface area (Å²) >= 11 is 0. The van der Waals surface area contributed by atoms with E-state index in [9.17, 15) is 20.0 Å². The van der Waals surface area contributed by atoms with Crippen LogP contribution in [0.15, 0.2) is 52.4 Å². The van der Waals surface area contributed by atoms with E-state index in [0.717, 1.165) is 0 Å². The van der Waals surface area contributed by atoms with Crippen LogP contribution in [0, 0.1) is 11.3 Å². The number of amides is 1. The molecule has 0 aliphatic carbocycles. The molecule has 0 radical (unpaired) electrons. The zero-order chi connectivity index (χ0) is 24.4. The van der Waals surface area contributed by atoms with E-state index in [-0.39, 0.29) is 11.5 Å². The van der Waals surface area contributed by atoms with E-state index in [2.05, 4.69) is 36.1 Å². The highest BCUT2D eigenvalue weighted by atomic mass is 16.5. The van der Waals surface area contributed by atoms with E-state index < -0.39 is 34.7 Å². The van der Waals surface area contributed by atoms with Crippen molar-refractivity contribution in [2.24, 2.45) is 14.1 Å². The van der Waals surface area contributed by atoms with Gasteiger partial charge in [-0.25, -0.2) is 9.97 Å². The molecule has 0 aliphatic rings. The van der Waals surface area contributed by atoms with Gasteiger partial charge in [0.15, 0.2) is 11.5 Å². The number of carbonyl (C=O) groups excluding carboxylic acids is 1. The van der Waals surface area contributed by atoms with E-state index in [1.807, 2.05) is 0 Å². The van der Waals surface area contributed by atoms with Gasteiger partial charge in [-0.15, -0.1) is 0 Å². The molecule has 3 heterocycles. The molecule has 0 aliphatic heterocycles. The Bertz CT molecular complexity index is 1450. The first kappa shape index (κ1) is 22.4. The van der Waals surface area contributed by atoms with Crippen LogP contribution in [-0.4, -0.2) is 40.5 Å². The van der Waals surface area contributed by atoms with E-state index in [4.69, 9.17) is 0 Å². The minimum absolute atomic E-state index is 0.198. The van der Waals surface area contributed by atoms with Crippen LogP contribution >= 0.6 is 0 Å². The fourth-order valence-electron chi connectivity index (χ4n) is 3.78. The summed E-state index contributed by atoms with van der Waals surface area (Å²) in [6, 6.07) is 9.18. The van der Waals surface area contributed by atoms with Crippen molar-refractivity contribution < 1.29 is 14.4 Å². The zero-order valence-corrected chi connectivity index (χ0v) is 18.5. The smallest absolute Gasteiger partial charge is 0.296 e. The number of aromatic nitrogens is 6. The molecule has 1 amide bonds. The summed E-state index contributed by atoms with van der Waals surface area (Å²) in [5.41, 5.74) is 0.0450. The quantitative estimate of drug-likeness (QED) is 0.435. The number of hydrogen-bond acceptors (Lipinski definition) is 9. The van der Waals surface area contributed by atoms with Crippen LogP contribution in [0.4, 0.5) is 5.69 Å². The molecule has 4 aromatic rings. The summed E-state index contributed by atoms with van der Waals surface area (Å²) in [6.45, 7) is 1.79. The lowest BCUT2D eigenvalue weighted by atomic mass is 9.83. The van der Waals surface area contributed by atoms with Crippen molar-refractivity contribution >= 4 is 11.6 Å². The van der Waals surface area contributed by atoms with Crippen LogP contribution in [-0.2, 0) is 14.1 Å². The normalized spacial score (nSPS) is 12.6. The molecule has 3 aromatic heterocycles. The van der Waals surface area contributed by atoms with Crippen LogP contribution in [0.25, 0.3) is 0 Å². The Labute approximate surface area is 193 Å². The third-order valence-electron chi connectivity index (χ3n) is 5.43. The van der Waals surface area contributed by atoms with Crippen LogP contribution in [0.1, 0.15) is 52.0 Å². The van der Waals surface area contributed by atoms with Gasteiger partial charge in [-0.1, -0.05) is 30.3 Å². The van der Waals surface area contributed by atoms with Gasteiger partial charge >= 0.3 is 0 Å². The lowest BCUT2D eigenvalue weighted by molar-refractivity contribution is 0.101. The van der Waals surface area contributed by atoms with Crippen LogP contribution in [0.3, 0.4) is 0 Å². The van der Waals surface area contributed by atoms with Crippen LogP contribution in [0.5, 0.6) is 5.75 Å². The average molecular weight is 460 g/mol. The van der Waals surface area contributed by atoms with Gasteiger partial charge in [-0.2, -0.15) is 10.4 Å². The van der Waals surface area contributed by atoms with Gasteiger partial charge in [0.2, 0.25) is 5.75 Å². The largest absolute Gasteiger partial charge is 0.501 e. The second-order valence-electron chi connectivity index (χ2n) is 7.64. The molecular weight excluding hydrogens is 440 g/mol. The highest BCUT2D eigenvalue weighted by Crippen LogP contribution is 2.37. The molecule has 0 unspecified atom stereocenters. The van der Waals surface area contributed by atoms with Gasteiger partial charge in [-0.05, 0) is 11.6 Å². The predicted molar refractivity (Wildman–Crippen MR) is 118 cm³/mol. The summed E-state index contributed by atoms with van der Waals surface area (Å²) in [5.74, 6) is -2.14. The van der Waals surface area contributed by atoms with Gasteiger partial charge in [0.05, 0.1) is 23.7 Å². The number of nitrogens with one attached hydrogen (secondary N) is 1. The molecule has 0 bridgehead atoms. The predicted octanol–water partition coefficient (Wildman–Crippen LogP) is 1.66. The third-order valence-corrected chi connectivity index (χ3v) is 5.43. The SMILES string of the molecule is C[C@H](c1nc(C(=O)Nc2cnoc2)c(O)c(=O)n1C)[C@H](c1ncn(C)n1)c1ccccc1C#N. The third kappa shape index (κ3) is 4.02. The Morgan fingerprint density at radius 1 is 1.29 bits per heavy atom. The number of rotatable bonds is 6. The summed E-state index contributed by atoms with van der Waals surface area (Å²) in [7, 11) is 3.16. The van der Waals surface area contributed by atoms with Crippen molar-refractivity contribution in [1.29, 1.82) is 5.26 Å². The zero-order valence-electron chi connectivity index (χ0n) is 18.5. The lowest BCUT2D eigenvalue weighted by Gasteiger charge is -2.24. The van der Waals surface area contributed by atoms with Crippen molar-refractivity contribution in [1.82, 2.24) is 29.5 Å². The second kappa shape index (κ2) is 8.99. The topological polar surface area (TPSA) is 165 Å². The van der Waals surface area contributed by atoms with Crippen LogP contribution < -0.4 is 10.9 Å². The molecule has 4 rings (SSSR count). The molecular formula is C22H20N8O4. The van der Waals surface area contributed by atoms with Crippen LogP contribution in [0.2, 0.25) is 0 Å². The molecule has 2 atom stereocenters. The summed E-state index contributed by atoms with van der Waals surface area (Å²) in [4.78, 5) is 34.3. The molecule has 2 N–H and O–H groups in total. The number of aryl methyl sites for hydroxylation is 1. The Balaban J connectivity index is 1.85. The maximum atomic E-state index is 12.8. The van der Waals surface area contributed by atoms with E-state index in [1.165, 1.54) is 35.1 Å². The first-order valence-electron chi connectivity index (χ1n) is 10.2. The fourth-order valence-corrected chi connectivity index (χ4v) is 3.78. The van der Waals surface area contributed by atoms with Crippen molar-refractivity contribution in [3.63, 3.8) is 0 Å². The van der Waals surface area contributed by atoms with Crippen molar-refractivity contribution in [3.05, 3.63) is 81.9 Å². The maximum Gasteiger partial charge on any atom is 0.296 e. The summed E-state index contributed by atoms with van der Waals surface area (Å²) in [6.07, 6.45) is 3.99. The number of hydrogen-bond donors (Lipinski definition) is 2. The molecule has 0 spiro atoms. The maximum absolute atomic E-state index is 12.8. The minimum Gasteiger partial charge on any atom is -0.501 e. The molecule has 12 nitrogen and oxygen atoms in total. The Morgan fingerprint density at radius 3 is 2.71 bits per heavy atom. The molecule has 1 aromatic carbocycles. The number of nitrogens with zero attached hydrogens (tertiary/aromatic N) is 7. The minimum atomic E-state index is -0.809. The van der Waals surface area contributed by atoms with Gasteiger partial charge < -0.3 is 14.9 Å². The fraction of sp³-hybridized carbons (Fsp3) is 0.227. The number of nitriles is 1. The number of benzene rings is 1. The molecule has 0 fully saturated rings. The molecule has 172 valence electrons. The standard InChI is InChI=1S/C22H20N8O4/c1-12(16(19-24-11-29(2)28-19)15-7-5-4-6-13(15)8-23)20-27-17(18(31)22(33)30(20)3)21(32)26-14-9-25-34-10-14/h4-7,9-12,16,31H,1-3H3,(H,26,32)/t12-,16-/m0/s1. The first-order chi connectivity index (χ1) is 16.3. The number of aromatic hydroxyl groups is 1. The highest BCUT2D eigenvalue weighted by molar-refractivity contribution is 6.04. The first-order valence-corrected chi connectivity index (χ1v) is 10.2. The summed E-state index contributed by atoms with van der Waals surface area (Å²) in [5, 5.41) is 30.4. The van der Waals surface area contributed by atoms with Crippen molar-refractivity contribution in [2.45, 2.75) is 18.8 Å². The molecule has 0 saturated heterocycles. The highest BCUT2D eigenvalue weighted by Gasteiger charge is 2.32. The molecule has 34 heavy (non-hydrogen) atoms. The second-order valence-corrected chi connectivity index (χ2v) is 7.64. The summed E-state index contributed by atoms with van der Waals surface area (Å²) < 4.78 is 7.38. The van der Waals surface area contributed by atoms with E-state index >= 15 is 0 Å². The Kier molecular flexibility index (Phi) is 5.92. The van der Waals surface area contributed by atoms with Gasteiger partial charge in [0.25, 0.3) is 11.5 Å². The Morgan fingerprint density at radius 2 is 2.06 bits per heavy atom. The van der Waals surface area contributed by atoms with E-state index in [1.54, 1.807) is 38.2 Å². The van der Waals surface area contributed by atoms with Gasteiger partial charge in [0, 0.05) is 20.0 Å². The average Bonchev–Trinajstić information content (AvgIpc) is 3.50. The van der Waals surface area contributed by atoms with Crippen molar-refractivity contribution in [2.75, 3.05) is 5.32 Å². The Hall–Kier alpha value is -4.79. The van der Waals surface area contributed by atoms with Crippen molar-refractivity contribution in [3.8, 4) is 11.8 Å². The van der Waals surface area contributed by atoms with Gasteiger partial charge in [-0.3, -0.25) is 18.8 Å². The molecule has 0 saturated carbocycles. The number of carbonyl (C=O) groups is 1. The van der Waals surface area contributed by atoms with E-state index in [0.29, 0.717) is 17.0 Å². The monoisotopic (exact) mass is 460 g/mol. The lowest BCUT2D eigenvalue weighted by Crippen LogP contribution is -2.29.